The van der Waals surface area contributed by atoms with Crippen LogP contribution in [0.5, 0.6) is 0 Å². The van der Waals surface area contributed by atoms with Gasteiger partial charge in [0.05, 0.1) is 12.8 Å². The van der Waals surface area contributed by atoms with Crippen molar-refractivity contribution < 1.29 is 14.3 Å². The molecule has 1 N–H and O–H groups in total. The lowest BCUT2D eigenvalue weighted by Crippen LogP contribution is -2.38. The minimum Gasteiger partial charge on any atom is -0.464 e. The van der Waals surface area contributed by atoms with Crippen LogP contribution in [0.4, 0.5) is 0 Å². The van der Waals surface area contributed by atoms with E-state index >= 15 is 0 Å². The zero-order valence-electron chi connectivity index (χ0n) is 15.9. The van der Waals surface area contributed by atoms with Crippen molar-refractivity contribution >= 4 is 11.9 Å². The number of carbonyl (C=O) groups is 2. The van der Waals surface area contributed by atoms with Crippen molar-refractivity contribution in [1.82, 2.24) is 29.8 Å². The van der Waals surface area contributed by atoms with Crippen molar-refractivity contribution in [2.75, 3.05) is 20.2 Å². The van der Waals surface area contributed by atoms with Crippen molar-refractivity contribution in [3.63, 3.8) is 0 Å². The molecule has 148 valence electrons. The summed E-state index contributed by atoms with van der Waals surface area (Å²) in [6.07, 6.45) is 8.21. The number of esters is 1. The summed E-state index contributed by atoms with van der Waals surface area (Å²) in [5.74, 6) is 0.322. The van der Waals surface area contributed by atoms with Crippen LogP contribution < -0.4 is 0 Å². The Morgan fingerprint density at radius 3 is 2.55 bits per heavy atom. The zero-order chi connectivity index (χ0) is 20.2. The molecule has 1 fully saturated rings. The maximum atomic E-state index is 12.7. The van der Waals surface area contributed by atoms with E-state index in [1.807, 2.05) is 6.07 Å². The number of nitrogens with zero attached hydrogens (tertiary/aromatic N) is 5. The van der Waals surface area contributed by atoms with Gasteiger partial charge in [0.25, 0.3) is 5.91 Å². The Labute approximate surface area is 167 Å². The number of aromatic nitrogens is 5. The predicted molar refractivity (Wildman–Crippen MR) is 103 cm³/mol. The number of amides is 1. The first kappa shape index (κ1) is 18.7. The number of methoxy groups -OCH3 is 1. The van der Waals surface area contributed by atoms with Gasteiger partial charge in [0.2, 0.25) is 0 Å². The molecule has 0 aliphatic carbocycles. The summed E-state index contributed by atoms with van der Waals surface area (Å²) in [6.45, 7) is 1.19. The fourth-order valence-electron chi connectivity index (χ4n) is 3.42. The van der Waals surface area contributed by atoms with Gasteiger partial charge in [0.15, 0.2) is 0 Å². The average Bonchev–Trinajstić information content (AvgIpc) is 3.29. The molecule has 1 aliphatic heterocycles. The summed E-state index contributed by atoms with van der Waals surface area (Å²) >= 11 is 0. The van der Waals surface area contributed by atoms with E-state index < -0.39 is 5.97 Å². The molecule has 0 spiro atoms. The summed E-state index contributed by atoms with van der Waals surface area (Å²) < 4.78 is 4.66. The molecule has 4 rings (SSSR count). The molecule has 1 saturated heterocycles. The van der Waals surface area contributed by atoms with Gasteiger partial charge in [0, 0.05) is 43.2 Å². The van der Waals surface area contributed by atoms with Crippen LogP contribution in [0.1, 0.15) is 45.6 Å². The van der Waals surface area contributed by atoms with Crippen LogP contribution in [0.15, 0.2) is 43.1 Å². The Morgan fingerprint density at radius 2 is 1.83 bits per heavy atom. The third-order valence-corrected chi connectivity index (χ3v) is 5.00. The number of rotatable bonds is 4. The Morgan fingerprint density at radius 1 is 1.10 bits per heavy atom. The van der Waals surface area contributed by atoms with Crippen LogP contribution >= 0.6 is 0 Å². The molecule has 1 aliphatic rings. The first-order valence-corrected chi connectivity index (χ1v) is 9.30. The van der Waals surface area contributed by atoms with Gasteiger partial charge in [-0.2, -0.15) is 0 Å². The summed E-state index contributed by atoms with van der Waals surface area (Å²) in [6, 6.07) is 5.00. The quantitative estimate of drug-likeness (QED) is 0.676. The van der Waals surface area contributed by atoms with E-state index in [2.05, 4.69) is 29.7 Å². The molecule has 9 nitrogen and oxygen atoms in total. The zero-order valence-corrected chi connectivity index (χ0v) is 15.9. The predicted octanol–water partition coefficient (Wildman–Crippen LogP) is 2.07. The lowest BCUT2D eigenvalue weighted by atomic mass is 9.95. The van der Waals surface area contributed by atoms with Gasteiger partial charge in [0.1, 0.15) is 23.5 Å². The number of nitrogens with one attached hydrogen (secondary N) is 1. The SMILES string of the molecule is COC(=O)c1ccc(C(=O)N2CCC(c3nccc(-c4cncnc4)n3)CC2)[nH]1. The fraction of sp³-hybridized carbons (Fsp3) is 0.300. The van der Waals surface area contributed by atoms with Crippen molar-refractivity contribution in [1.29, 1.82) is 0 Å². The van der Waals surface area contributed by atoms with Crippen LogP contribution in [0.3, 0.4) is 0 Å². The number of hydrogen-bond donors (Lipinski definition) is 1. The van der Waals surface area contributed by atoms with Crippen molar-refractivity contribution in [2.24, 2.45) is 0 Å². The highest BCUT2D eigenvalue weighted by molar-refractivity contribution is 5.95. The molecular formula is C20H20N6O3. The molecule has 1 amide bonds. The molecule has 9 heteroatoms. The van der Waals surface area contributed by atoms with Gasteiger partial charge in [-0.3, -0.25) is 4.79 Å². The van der Waals surface area contributed by atoms with Gasteiger partial charge in [-0.1, -0.05) is 0 Å². The molecular weight excluding hydrogens is 372 g/mol. The Balaban J connectivity index is 1.41. The average molecular weight is 392 g/mol. The summed E-state index contributed by atoms with van der Waals surface area (Å²) in [5, 5.41) is 0. The molecule has 0 saturated carbocycles. The van der Waals surface area contributed by atoms with Gasteiger partial charge in [-0.15, -0.1) is 0 Å². The number of carbonyl (C=O) groups excluding carboxylic acids is 2. The topological polar surface area (TPSA) is 114 Å². The summed E-state index contributed by atoms with van der Waals surface area (Å²) in [7, 11) is 1.30. The van der Waals surface area contributed by atoms with Crippen LogP contribution in [0.2, 0.25) is 0 Å². The van der Waals surface area contributed by atoms with Crippen LogP contribution in [0.25, 0.3) is 11.3 Å². The highest BCUT2D eigenvalue weighted by atomic mass is 16.5. The van der Waals surface area contributed by atoms with Gasteiger partial charge in [-0.05, 0) is 31.0 Å². The smallest absolute Gasteiger partial charge is 0.354 e. The maximum Gasteiger partial charge on any atom is 0.354 e. The number of piperidine rings is 1. The van der Waals surface area contributed by atoms with E-state index in [1.54, 1.807) is 35.6 Å². The van der Waals surface area contributed by atoms with Gasteiger partial charge < -0.3 is 14.6 Å². The van der Waals surface area contributed by atoms with E-state index in [0.29, 0.717) is 18.8 Å². The highest BCUT2D eigenvalue weighted by Crippen LogP contribution is 2.27. The van der Waals surface area contributed by atoms with E-state index in [0.717, 1.165) is 29.9 Å². The number of aromatic amines is 1. The van der Waals surface area contributed by atoms with E-state index in [1.165, 1.54) is 13.4 Å². The van der Waals surface area contributed by atoms with Crippen molar-refractivity contribution in [3.8, 4) is 11.3 Å². The Kier molecular flexibility index (Phi) is 5.28. The number of hydrogen-bond acceptors (Lipinski definition) is 7. The molecule has 0 radical (unpaired) electrons. The van der Waals surface area contributed by atoms with Gasteiger partial charge >= 0.3 is 5.97 Å². The second-order valence-electron chi connectivity index (χ2n) is 6.77. The first-order chi connectivity index (χ1) is 14.2. The highest BCUT2D eigenvalue weighted by Gasteiger charge is 2.27. The van der Waals surface area contributed by atoms with Gasteiger partial charge in [-0.25, -0.2) is 24.7 Å². The molecule has 4 heterocycles. The lowest BCUT2D eigenvalue weighted by Gasteiger charge is -2.31. The Bertz CT molecular complexity index is 1010. The van der Waals surface area contributed by atoms with Crippen LogP contribution in [0, 0.1) is 0 Å². The first-order valence-electron chi connectivity index (χ1n) is 9.30. The van der Waals surface area contributed by atoms with E-state index in [4.69, 9.17) is 0 Å². The number of ether oxygens (including phenoxy) is 1. The lowest BCUT2D eigenvalue weighted by molar-refractivity contribution is 0.0594. The monoisotopic (exact) mass is 392 g/mol. The molecule has 3 aromatic heterocycles. The summed E-state index contributed by atoms with van der Waals surface area (Å²) in [5.41, 5.74) is 2.28. The van der Waals surface area contributed by atoms with E-state index in [-0.39, 0.29) is 17.5 Å². The van der Waals surface area contributed by atoms with Crippen LogP contribution in [-0.4, -0.2) is 61.9 Å². The van der Waals surface area contributed by atoms with E-state index in [9.17, 15) is 9.59 Å². The minimum atomic E-state index is -0.497. The Hall–Kier alpha value is -3.62. The molecule has 3 aromatic rings. The largest absolute Gasteiger partial charge is 0.464 e. The fourth-order valence-corrected chi connectivity index (χ4v) is 3.42. The molecule has 0 aromatic carbocycles. The number of H-pyrrole nitrogens is 1. The third-order valence-electron chi connectivity index (χ3n) is 5.00. The minimum absolute atomic E-state index is 0.130. The number of likely N-dealkylation sites (tertiary alicyclic amines) is 1. The normalized spacial score (nSPS) is 14.6. The second kappa shape index (κ2) is 8.17. The molecule has 29 heavy (non-hydrogen) atoms. The van der Waals surface area contributed by atoms with Crippen molar-refractivity contribution in [2.45, 2.75) is 18.8 Å². The standard InChI is InChI=1S/C20H20N6O3/c1-29-20(28)17-3-2-16(24-17)19(27)26-8-5-13(6-9-26)18-23-7-4-15(25-18)14-10-21-12-22-11-14/h2-4,7,10-13,24H,5-6,8-9H2,1H3. The second-order valence-corrected chi connectivity index (χ2v) is 6.77. The summed E-state index contributed by atoms with van der Waals surface area (Å²) in [4.78, 5) is 46.0. The molecule has 0 unspecified atom stereocenters. The maximum absolute atomic E-state index is 12.7. The molecule has 0 bridgehead atoms. The third kappa shape index (κ3) is 3.98. The van der Waals surface area contributed by atoms with Crippen LogP contribution in [-0.2, 0) is 4.74 Å². The van der Waals surface area contributed by atoms with Crippen molar-refractivity contribution in [3.05, 3.63) is 60.3 Å². The molecule has 0 atom stereocenters.